The van der Waals surface area contributed by atoms with Gasteiger partial charge in [-0.1, -0.05) is 0 Å². The minimum Gasteiger partial charge on any atom is -0.481 e. The summed E-state index contributed by atoms with van der Waals surface area (Å²) in [6.07, 6.45) is 0.601. The number of carboxylic acid groups (broad SMARTS) is 1. The first-order valence-corrected chi connectivity index (χ1v) is 7.75. The van der Waals surface area contributed by atoms with Gasteiger partial charge in [0.2, 0.25) is 10.0 Å². The summed E-state index contributed by atoms with van der Waals surface area (Å²) in [5.41, 5.74) is 0.270. The molecule has 5 nitrogen and oxygen atoms in total. The van der Waals surface area contributed by atoms with E-state index >= 15 is 0 Å². The Kier molecular flexibility index (Phi) is 4.10. The van der Waals surface area contributed by atoms with E-state index in [-0.39, 0.29) is 23.5 Å². The molecule has 1 N–H and O–H groups in total. The summed E-state index contributed by atoms with van der Waals surface area (Å²) in [5, 5.41) is 8.90. The van der Waals surface area contributed by atoms with Crippen LogP contribution < -0.4 is 0 Å². The van der Waals surface area contributed by atoms with Crippen LogP contribution in [0.4, 0.5) is 4.39 Å². The van der Waals surface area contributed by atoms with Gasteiger partial charge in [-0.25, -0.2) is 12.8 Å². The summed E-state index contributed by atoms with van der Waals surface area (Å²) in [7, 11) is -3.68. The van der Waals surface area contributed by atoms with E-state index < -0.39 is 27.7 Å². The zero-order valence-corrected chi connectivity index (χ0v) is 11.9. The Morgan fingerprint density at radius 3 is 2.45 bits per heavy atom. The summed E-state index contributed by atoms with van der Waals surface area (Å²) < 4.78 is 39.2. The van der Waals surface area contributed by atoms with Crippen LogP contribution in [-0.4, -0.2) is 36.9 Å². The van der Waals surface area contributed by atoms with Crippen molar-refractivity contribution in [1.29, 1.82) is 0 Å². The zero-order valence-electron chi connectivity index (χ0n) is 11.0. The van der Waals surface area contributed by atoms with Gasteiger partial charge in [0.25, 0.3) is 0 Å². The second-order valence-corrected chi connectivity index (χ2v) is 6.87. The van der Waals surface area contributed by atoms with Crippen molar-refractivity contribution in [2.45, 2.75) is 24.7 Å². The van der Waals surface area contributed by atoms with Crippen molar-refractivity contribution in [3.63, 3.8) is 0 Å². The Morgan fingerprint density at radius 2 is 1.95 bits per heavy atom. The minimum absolute atomic E-state index is 0.0465. The second kappa shape index (κ2) is 5.49. The van der Waals surface area contributed by atoms with Gasteiger partial charge in [0.05, 0.1) is 10.8 Å². The Balaban J connectivity index is 2.19. The zero-order chi connectivity index (χ0) is 14.9. The van der Waals surface area contributed by atoms with E-state index in [9.17, 15) is 17.6 Å². The summed E-state index contributed by atoms with van der Waals surface area (Å²) in [6.45, 7) is 1.86. The SMILES string of the molecule is Cc1cc(S(=O)(=O)N2CCC(C(=O)O)CC2)ccc1F. The highest BCUT2D eigenvalue weighted by molar-refractivity contribution is 7.89. The predicted molar refractivity (Wildman–Crippen MR) is 70.3 cm³/mol. The number of aliphatic carboxylic acids is 1. The summed E-state index contributed by atoms with van der Waals surface area (Å²) in [5.74, 6) is -1.83. The average Bonchev–Trinajstić information content (AvgIpc) is 2.41. The molecule has 1 aliphatic heterocycles. The van der Waals surface area contributed by atoms with Crippen LogP contribution in [0.2, 0.25) is 0 Å². The number of halogens is 1. The number of carboxylic acids is 1. The van der Waals surface area contributed by atoms with E-state index in [0.29, 0.717) is 12.8 Å². The fourth-order valence-corrected chi connectivity index (χ4v) is 3.83. The Bertz CT molecular complexity index is 621. The average molecular weight is 301 g/mol. The van der Waals surface area contributed by atoms with Gasteiger partial charge in [0.15, 0.2) is 0 Å². The fraction of sp³-hybridized carbons (Fsp3) is 0.462. The topological polar surface area (TPSA) is 74.7 Å². The number of hydrogen-bond acceptors (Lipinski definition) is 3. The van der Waals surface area contributed by atoms with E-state index in [2.05, 4.69) is 0 Å². The van der Waals surface area contributed by atoms with Crippen molar-refractivity contribution in [1.82, 2.24) is 4.31 Å². The molecule has 7 heteroatoms. The van der Waals surface area contributed by atoms with Crippen molar-refractivity contribution >= 4 is 16.0 Å². The first kappa shape index (κ1) is 14.9. The Morgan fingerprint density at radius 1 is 1.35 bits per heavy atom. The van der Waals surface area contributed by atoms with Gasteiger partial charge >= 0.3 is 5.97 Å². The molecule has 0 spiro atoms. The van der Waals surface area contributed by atoms with Crippen LogP contribution in [0.25, 0.3) is 0 Å². The number of sulfonamides is 1. The largest absolute Gasteiger partial charge is 0.481 e. The third kappa shape index (κ3) is 2.83. The Labute approximate surface area is 117 Å². The lowest BCUT2D eigenvalue weighted by atomic mass is 9.99. The molecule has 1 aromatic carbocycles. The van der Waals surface area contributed by atoms with Crippen molar-refractivity contribution < 1.29 is 22.7 Å². The quantitative estimate of drug-likeness (QED) is 0.920. The highest BCUT2D eigenvalue weighted by atomic mass is 32.2. The molecule has 0 bridgehead atoms. The van der Waals surface area contributed by atoms with Crippen molar-refractivity contribution in [3.05, 3.63) is 29.6 Å². The van der Waals surface area contributed by atoms with Crippen LogP contribution in [0.3, 0.4) is 0 Å². The number of aryl methyl sites for hydroxylation is 1. The lowest BCUT2D eigenvalue weighted by Crippen LogP contribution is -2.40. The van der Waals surface area contributed by atoms with Crippen LogP contribution in [-0.2, 0) is 14.8 Å². The van der Waals surface area contributed by atoms with Gasteiger partial charge in [-0.05, 0) is 43.5 Å². The molecule has 0 radical (unpaired) electrons. The number of rotatable bonds is 3. The second-order valence-electron chi connectivity index (χ2n) is 4.93. The van der Waals surface area contributed by atoms with Crippen LogP contribution in [0.15, 0.2) is 23.1 Å². The minimum atomic E-state index is -3.68. The Hall–Kier alpha value is -1.47. The molecule has 0 amide bonds. The lowest BCUT2D eigenvalue weighted by molar-refractivity contribution is -0.142. The normalized spacial score (nSPS) is 18.1. The van der Waals surface area contributed by atoms with E-state index in [1.807, 2.05) is 0 Å². The van der Waals surface area contributed by atoms with E-state index in [4.69, 9.17) is 5.11 Å². The summed E-state index contributed by atoms with van der Waals surface area (Å²) >= 11 is 0. The molecule has 110 valence electrons. The van der Waals surface area contributed by atoms with Gasteiger partial charge in [0.1, 0.15) is 5.82 Å². The molecule has 1 saturated heterocycles. The fourth-order valence-electron chi connectivity index (χ4n) is 2.27. The van der Waals surface area contributed by atoms with Crippen molar-refractivity contribution in [2.75, 3.05) is 13.1 Å². The lowest BCUT2D eigenvalue weighted by Gasteiger charge is -2.29. The van der Waals surface area contributed by atoms with Crippen LogP contribution in [0.1, 0.15) is 18.4 Å². The number of piperidine rings is 1. The van der Waals surface area contributed by atoms with Gasteiger partial charge in [-0.2, -0.15) is 4.31 Å². The molecule has 1 fully saturated rings. The molecule has 20 heavy (non-hydrogen) atoms. The molecule has 1 aliphatic rings. The van der Waals surface area contributed by atoms with Crippen molar-refractivity contribution in [2.24, 2.45) is 5.92 Å². The number of carbonyl (C=O) groups is 1. The molecule has 1 aromatic rings. The number of nitrogens with zero attached hydrogens (tertiary/aromatic N) is 1. The number of hydrogen-bond donors (Lipinski definition) is 1. The molecule has 0 aromatic heterocycles. The molecule has 0 saturated carbocycles. The molecule has 0 atom stereocenters. The molecular weight excluding hydrogens is 285 g/mol. The van der Waals surface area contributed by atoms with Crippen LogP contribution in [0, 0.1) is 18.7 Å². The van der Waals surface area contributed by atoms with Gasteiger partial charge in [0, 0.05) is 13.1 Å². The van der Waals surface area contributed by atoms with Gasteiger partial charge in [-0.3, -0.25) is 4.79 Å². The smallest absolute Gasteiger partial charge is 0.306 e. The van der Waals surface area contributed by atoms with Gasteiger partial charge in [-0.15, -0.1) is 0 Å². The maximum atomic E-state index is 13.2. The van der Waals surface area contributed by atoms with Crippen molar-refractivity contribution in [3.8, 4) is 0 Å². The first-order chi connectivity index (χ1) is 9.32. The molecular formula is C13H16FNO4S. The molecule has 1 heterocycles. The maximum absolute atomic E-state index is 13.2. The summed E-state index contributed by atoms with van der Waals surface area (Å²) in [4.78, 5) is 10.9. The van der Waals surface area contributed by atoms with Crippen LogP contribution in [0.5, 0.6) is 0 Å². The third-order valence-corrected chi connectivity index (χ3v) is 5.46. The molecule has 0 aliphatic carbocycles. The highest BCUT2D eigenvalue weighted by Gasteiger charge is 2.32. The van der Waals surface area contributed by atoms with Crippen LogP contribution >= 0.6 is 0 Å². The van der Waals surface area contributed by atoms with E-state index in [0.717, 1.165) is 6.07 Å². The standard InChI is InChI=1S/C13H16FNO4S/c1-9-8-11(2-3-12(9)14)20(18,19)15-6-4-10(5-7-15)13(16)17/h2-3,8,10H,4-7H2,1H3,(H,16,17). The molecule has 2 rings (SSSR count). The molecule has 0 unspecified atom stereocenters. The van der Waals surface area contributed by atoms with E-state index in [1.165, 1.54) is 23.4 Å². The third-order valence-electron chi connectivity index (χ3n) is 3.57. The monoisotopic (exact) mass is 301 g/mol. The first-order valence-electron chi connectivity index (χ1n) is 6.31. The maximum Gasteiger partial charge on any atom is 0.306 e. The van der Waals surface area contributed by atoms with E-state index in [1.54, 1.807) is 0 Å². The number of benzene rings is 1. The van der Waals surface area contributed by atoms with Gasteiger partial charge < -0.3 is 5.11 Å². The predicted octanol–water partition coefficient (Wildman–Crippen LogP) is 1.62. The summed E-state index contributed by atoms with van der Waals surface area (Å²) in [6, 6.07) is 3.67. The highest BCUT2D eigenvalue weighted by Crippen LogP contribution is 2.24.